The highest BCUT2D eigenvalue weighted by atomic mass is 16.6. The molecule has 0 aromatic heterocycles. The second-order valence-corrected chi connectivity index (χ2v) is 11.4. The normalized spacial score (nSPS) is 22.3. The maximum Gasteiger partial charge on any atom is 0.408 e. The maximum atomic E-state index is 13.1. The molecule has 1 amide bonds. The highest BCUT2D eigenvalue weighted by Gasteiger charge is 2.48. The van der Waals surface area contributed by atoms with Gasteiger partial charge in [0.2, 0.25) is 0 Å². The molecule has 0 aliphatic carbocycles. The molecule has 224 valence electrons. The van der Waals surface area contributed by atoms with Gasteiger partial charge in [0.25, 0.3) is 0 Å². The van der Waals surface area contributed by atoms with Crippen LogP contribution in [0.25, 0.3) is 0 Å². The van der Waals surface area contributed by atoms with Crippen molar-refractivity contribution in [1.29, 1.82) is 0 Å². The largest absolute Gasteiger partial charge is 0.444 e. The minimum Gasteiger partial charge on any atom is -0.444 e. The van der Waals surface area contributed by atoms with Crippen molar-refractivity contribution in [3.63, 3.8) is 0 Å². The Morgan fingerprint density at radius 1 is 0.786 bits per heavy atom. The molecule has 1 heterocycles. The second kappa shape index (κ2) is 15.7. The molecule has 4 rings (SSSR count). The van der Waals surface area contributed by atoms with E-state index in [9.17, 15) is 4.79 Å². The van der Waals surface area contributed by atoms with Crippen molar-refractivity contribution in [3.8, 4) is 0 Å². The van der Waals surface area contributed by atoms with E-state index in [4.69, 9.17) is 23.7 Å². The van der Waals surface area contributed by atoms with Gasteiger partial charge in [0.1, 0.15) is 23.9 Å². The molecule has 5 atom stereocenters. The highest BCUT2D eigenvalue weighted by Crippen LogP contribution is 2.30. The maximum absolute atomic E-state index is 13.1. The minimum atomic E-state index is -0.662. The first kappa shape index (κ1) is 31.4. The third kappa shape index (κ3) is 9.81. The summed E-state index contributed by atoms with van der Waals surface area (Å²) in [6, 6.07) is 29.3. The SMILES string of the molecule is C=CC[C@H]1O[C@H](COCc2ccccc2)[C@@H](OCc2ccccc2)[C@H](OCc2ccccc2)[C@H]1NC(=O)OC(C)(C)C. The van der Waals surface area contributed by atoms with Crippen LogP contribution in [0.5, 0.6) is 0 Å². The molecule has 3 aromatic rings. The Kier molecular flexibility index (Phi) is 11.7. The van der Waals surface area contributed by atoms with Gasteiger partial charge in [-0.2, -0.15) is 0 Å². The van der Waals surface area contributed by atoms with Crippen LogP contribution >= 0.6 is 0 Å². The molecule has 0 bridgehead atoms. The lowest BCUT2D eigenvalue weighted by Crippen LogP contribution is -2.65. The van der Waals surface area contributed by atoms with Crippen LogP contribution in [0.3, 0.4) is 0 Å². The molecular weight excluding hydrogens is 530 g/mol. The number of benzene rings is 3. The zero-order valence-corrected chi connectivity index (χ0v) is 24.8. The summed E-state index contributed by atoms with van der Waals surface area (Å²) in [6.45, 7) is 10.8. The van der Waals surface area contributed by atoms with Crippen molar-refractivity contribution in [3.05, 3.63) is 120 Å². The zero-order valence-electron chi connectivity index (χ0n) is 24.8. The number of carbonyl (C=O) groups excluding carboxylic acids is 1. The van der Waals surface area contributed by atoms with E-state index in [0.29, 0.717) is 26.2 Å². The Hall–Kier alpha value is -3.49. The van der Waals surface area contributed by atoms with Crippen molar-refractivity contribution >= 4 is 6.09 Å². The van der Waals surface area contributed by atoms with E-state index in [1.807, 2.05) is 112 Å². The lowest BCUT2D eigenvalue weighted by atomic mass is 9.90. The summed E-state index contributed by atoms with van der Waals surface area (Å²) in [6.07, 6.45) is -0.269. The summed E-state index contributed by atoms with van der Waals surface area (Å²) in [5.41, 5.74) is 2.44. The van der Waals surface area contributed by atoms with Gasteiger partial charge in [0, 0.05) is 0 Å². The summed E-state index contributed by atoms with van der Waals surface area (Å²) in [7, 11) is 0. The van der Waals surface area contributed by atoms with Crippen LogP contribution in [0.4, 0.5) is 4.79 Å². The predicted octanol–water partition coefficient (Wildman–Crippen LogP) is 6.61. The van der Waals surface area contributed by atoms with Crippen LogP contribution < -0.4 is 5.32 Å². The van der Waals surface area contributed by atoms with Gasteiger partial charge >= 0.3 is 6.09 Å². The van der Waals surface area contributed by atoms with Gasteiger partial charge in [-0.05, 0) is 43.9 Å². The van der Waals surface area contributed by atoms with Gasteiger partial charge in [-0.25, -0.2) is 4.79 Å². The third-order valence-corrected chi connectivity index (χ3v) is 6.84. The van der Waals surface area contributed by atoms with E-state index in [0.717, 1.165) is 16.7 Å². The summed E-state index contributed by atoms with van der Waals surface area (Å²) in [5, 5.41) is 3.05. The topological polar surface area (TPSA) is 75.3 Å². The first-order valence-corrected chi connectivity index (χ1v) is 14.5. The van der Waals surface area contributed by atoms with E-state index < -0.39 is 42.2 Å². The fourth-order valence-electron chi connectivity index (χ4n) is 4.93. The van der Waals surface area contributed by atoms with Crippen LogP contribution in [0.2, 0.25) is 0 Å². The van der Waals surface area contributed by atoms with Gasteiger partial charge < -0.3 is 29.0 Å². The first-order chi connectivity index (χ1) is 20.3. The van der Waals surface area contributed by atoms with E-state index >= 15 is 0 Å². The van der Waals surface area contributed by atoms with Crippen molar-refractivity contribution in [2.75, 3.05) is 6.61 Å². The number of ether oxygens (including phenoxy) is 5. The number of carbonyl (C=O) groups is 1. The fraction of sp³-hybridized carbons (Fsp3) is 0.400. The molecule has 1 fully saturated rings. The van der Waals surface area contributed by atoms with E-state index in [2.05, 4.69) is 11.9 Å². The number of hydrogen-bond acceptors (Lipinski definition) is 6. The molecule has 0 saturated carbocycles. The molecule has 1 aliphatic heterocycles. The minimum absolute atomic E-state index is 0.284. The molecule has 42 heavy (non-hydrogen) atoms. The van der Waals surface area contributed by atoms with Crippen molar-refractivity contribution in [2.45, 2.75) is 83.1 Å². The standard InChI is InChI=1S/C35H43NO6/c1-5-15-29-31(36-34(37)42-35(2,3)4)33(40-24-28-20-13-8-14-21-28)32(39-23-27-18-11-7-12-19-27)30(41-29)25-38-22-26-16-9-6-10-17-26/h5-14,16-21,29-33H,1,15,22-25H2,2-4H3,(H,36,37)/t29-,30-,31+,32-,33-/m1/s1. The first-order valence-electron chi connectivity index (χ1n) is 14.5. The van der Waals surface area contributed by atoms with Crippen molar-refractivity contribution < 1.29 is 28.5 Å². The van der Waals surface area contributed by atoms with E-state index in [1.54, 1.807) is 6.08 Å². The molecule has 1 N–H and O–H groups in total. The van der Waals surface area contributed by atoms with Crippen LogP contribution in [-0.4, -0.2) is 48.8 Å². The number of amides is 1. The molecule has 1 aliphatic rings. The van der Waals surface area contributed by atoms with Crippen molar-refractivity contribution in [1.82, 2.24) is 5.32 Å². The molecule has 7 heteroatoms. The molecule has 1 saturated heterocycles. The Bertz CT molecular complexity index is 1210. The molecule has 0 unspecified atom stereocenters. The number of nitrogens with one attached hydrogen (secondary N) is 1. The molecular formula is C35H43NO6. The molecule has 0 radical (unpaired) electrons. The van der Waals surface area contributed by atoms with Crippen molar-refractivity contribution in [2.24, 2.45) is 0 Å². The Labute approximate surface area is 249 Å². The zero-order chi connectivity index (χ0) is 29.8. The van der Waals surface area contributed by atoms with Gasteiger partial charge in [-0.15, -0.1) is 6.58 Å². The van der Waals surface area contributed by atoms with Gasteiger partial charge in [0.15, 0.2) is 0 Å². The van der Waals surface area contributed by atoms with Gasteiger partial charge in [0.05, 0.1) is 38.6 Å². The Balaban J connectivity index is 1.62. The van der Waals surface area contributed by atoms with E-state index in [-0.39, 0.29) is 6.61 Å². The summed E-state index contributed by atoms with van der Waals surface area (Å²) in [5.74, 6) is 0. The van der Waals surface area contributed by atoms with Crippen LogP contribution in [-0.2, 0) is 43.5 Å². The lowest BCUT2D eigenvalue weighted by molar-refractivity contribution is -0.231. The summed E-state index contributed by atoms with van der Waals surface area (Å²) >= 11 is 0. The second-order valence-electron chi connectivity index (χ2n) is 11.4. The average molecular weight is 574 g/mol. The Morgan fingerprint density at radius 2 is 1.29 bits per heavy atom. The van der Waals surface area contributed by atoms with Gasteiger partial charge in [-0.1, -0.05) is 97.1 Å². The average Bonchev–Trinajstić information content (AvgIpc) is 2.97. The molecule has 7 nitrogen and oxygen atoms in total. The summed E-state index contributed by atoms with van der Waals surface area (Å²) < 4.78 is 31.6. The predicted molar refractivity (Wildman–Crippen MR) is 163 cm³/mol. The molecule has 3 aromatic carbocycles. The fourth-order valence-corrected chi connectivity index (χ4v) is 4.93. The number of alkyl carbamates (subject to hydrolysis) is 1. The summed E-state index contributed by atoms with van der Waals surface area (Å²) in [4.78, 5) is 13.1. The Morgan fingerprint density at radius 3 is 1.79 bits per heavy atom. The highest BCUT2D eigenvalue weighted by molar-refractivity contribution is 5.68. The number of rotatable bonds is 13. The monoisotopic (exact) mass is 573 g/mol. The van der Waals surface area contributed by atoms with Gasteiger partial charge in [-0.3, -0.25) is 0 Å². The lowest BCUT2D eigenvalue weighted by Gasteiger charge is -2.46. The molecule has 0 spiro atoms. The third-order valence-electron chi connectivity index (χ3n) is 6.84. The van der Waals surface area contributed by atoms with E-state index in [1.165, 1.54) is 0 Å². The number of hydrogen-bond donors (Lipinski definition) is 1. The van der Waals surface area contributed by atoms with Crippen LogP contribution in [0.1, 0.15) is 43.9 Å². The van der Waals surface area contributed by atoms with Crippen LogP contribution in [0.15, 0.2) is 104 Å². The smallest absolute Gasteiger partial charge is 0.408 e. The quantitative estimate of drug-likeness (QED) is 0.232. The van der Waals surface area contributed by atoms with Crippen LogP contribution in [0, 0.1) is 0 Å².